The van der Waals surface area contributed by atoms with Crippen LogP contribution in [-0.2, 0) is 6.61 Å². The van der Waals surface area contributed by atoms with Crippen LogP contribution in [0.15, 0.2) is 47.5 Å². The van der Waals surface area contributed by atoms with Crippen molar-refractivity contribution in [3.8, 4) is 5.75 Å². The lowest BCUT2D eigenvalue weighted by Crippen LogP contribution is -2.00. The average molecular weight is 311 g/mol. The monoisotopic (exact) mass is 310 g/mol. The molecule has 0 aliphatic rings. The van der Waals surface area contributed by atoms with Gasteiger partial charge in [-0.05, 0) is 36.4 Å². The molecule has 0 heterocycles. The molecular weight excluding hydrogens is 299 g/mol. The molecule has 0 amide bonds. The predicted molar refractivity (Wildman–Crippen MR) is 80.3 cm³/mol. The zero-order valence-electron chi connectivity index (χ0n) is 10.4. The van der Waals surface area contributed by atoms with Gasteiger partial charge < -0.3 is 4.74 Å². The van der Waals surface area contributed by atoms with Gasteiger partial charge in [-0.15, -0.1) is 0 Å². The van der Waals surface area contributed by atoms with Gasteiger partial charge in [0.25, 0.3) is 0 Å². The number of ether oxygens (including phenoxy) is 1. The summed E-state index contributed by atoms with van der Waals surface area (Å²) in [5, 5.41) is 9.56. The lowest BCUT2D eigenvalue weighted by atomic mass is 10.2. The lowest BCUT2D eigenvalue weighted by Gasteiger charge is -2.08. The van der Waals surface area contributed by atoms with Crippen LogP contribution in [0.4, 0.5) is 5.69 Å². The summed E-state index contributed by atoms with van der Waals surface area (Å²) in [6.45, 7) is 0.358. The van der Waals surface area contributed by atoms with Crippen LogP contribution >= 0.6 is 23.2 Å². The summed E-state index contributed by atoms with van der Waals surface area (Å²) >= 11 is 11.9. The molecule has 104 valence electrons. The highest BCUT2D eigenvalue weighted by Crippen LogP contribution is 2.23. The summed E-state index contributed by atoms with van der Waals surface area (Å²) in [6, 6.07) is 12.4. The van der Waals surface area contributed by atoms with Gasteiger partial charge in [0.05, 0.1) is 5.69 Å². The van der Waals surface area contributed by atoms with Crippen LogP contribution in [0.1, 0.15) is 5.56 Å². The van der Waals surface area contributed by atoms with Gasteiger partial charge in [-0.25, -0.2) is 4.99 Å². The van der Waals surface area contributed by atoms with Gasteiger partial charge in [0.2, 0.25) is 0 Å². The molecule has 4 nitrogen and oxygen atoms in total. The van der Waals surface area contributed by atoms with Crippen LogP contribution in [0, 0.1) is 0 Å². The summed E-state index contributed by atoms with van der Waals surface area (Å²) in [7, 11) is 0. The third-order valence-electron chi connectivity index (χ3n) is 2.52. The fraction of sp³-hybridized carbons (Fsp3) is 0.0714. The number of rotatable bonds is 5. The SMILES string of the molecule is ONC=Nc1ccc(OCc2ccc(Cl)cc2Cl)cc1. The highest BCUT2D eigenvalue weighted by Gasteiger charge is 2.02. The minimum atomic E-state index is 0.358. The van der Waals surface area contributed by atoms with E-state index in [1.165, 1.54) is 6.34 Å². The molecule has 0 aliphatic carbocycles. The van der Waals surface area contributed by atoms with Crippen molar-refractivity contribution in [2.75, 3.05) is 0 Å². The number of benzene rings is 2. The Morgan fingerprint density at radius 3 is 2.55 bits per heavy atom. The Balaban J connectivity index is 1.98. The Morgan fingerprint density at radius 1 is 1.15 bits per heavy atom. The predicted octanol–water partition coefficient (Wildman–Crippen LogP) is 4.21. The van der Waals surface area contributed by atoms with Gasteiger partial charge in [0.15, 0.2) is 0 Å². The van der Waals surface area contributed by atoms with Crippen molar-refractivity contribution in [1.29, 1.82) is 0 Å². The van der Waals surface area contributed by atoms with E-state index in [1.807, 2.05) is 11.5 Å². The molecule has 0 saturated carbocycles. The maximum absolute atomic E-state index is 8.39. The molecule has 0 unspecified atom stereocenters. The molecule has 6 heteroatoms. The number of nitrogens with one attached hydrogen (secondary N) is 1. The Hall–Kier alpha value is -1.75. The van der Waals surface area contributed by atoms with Crippen LogP contribution in [-0.4, -0.2) is 11.5 Å². The molecule has 2 aromatic carbocycles. The van der Waals surface area contributed by atoms with E-state index in [9.17, 15) is 0 Å². The van der Waals surface area contributed by atoms with Gasteiger partial charge >= 0.3 is 0 Å². The van der Waals surface area contributed by atoms with Crippen molar-refractivity contribution in [2.24, 2.45) is 4.99 Å². The first-order chi connectivity index (χ1) is 9.69. The van der Waals surface area contributed by atoms with Gasteiger partial charge in [-0.1, -0.05) is 29.3 Å². The quantitative estimate of drug-likeness (QED) is 0.494. The molecule has 2 aromatic rings. The van der Waals surface area contributed by atoms with E-state index in [4.69, 9.17) is 33.1 Å². The van der Waals surface area contributed by atoms with E-state index < -0.39 is 0 Å². The zero-order chi connectivity index (χ0) is 14.4. The van der Waals surface area contributed by atoms with Crippen LogP contribution in [0.25, 0.3) is 0 Å². The first-order valence-corrected chi connectivity index (χ1v) is 6.53. The van der Waals surface area contributed by atoms with Crippen LogP contribution in [0.2, 0.25) is 10.0 Å². The van der Waals surface area contributed by atoms with Gasteiger partial charge in [-0.3, -0.25) is 10.7 Å². The van der Waals surface area contributed by atoms with Crippen molar-refractivity contribution in [3.05, 3.63) is 58.1 Å². The molecule has 20 heavy (non-hydrogen) atoms. The Labute approximate surface area is 126 Å². The fourth-order valence-electron chi connectivity index (χ4n) is 1.53. The summed E-state index contributed by atoms with van der Waals surface area (Å²) in [4.78, 5) is 3.93. The summed E-state index contributed by atoms with van der Waals surface area (Å²) in [5.74, 6) is 0.701. The van der Waals surface area contributed by atoms with Crippen LogP contribution in [0.5, 0.6) is 5.75 Å². The highest BCUT2D eigenvalue weighted by atomic mass is 35.5. The molecule has 0 saturated heterocycles. The number of halogens is 2. The number of nitrogens with zero attached hydrogens (tertiary/aromatic N) is 1. The van der Waals surface area contributed by atoms with Crippen molar-refractivity contribution in [2.45, 2.75) is 6.61 Å². The minimum Gasteiger partial charge on any atom is -0.489 e. The molecule has 0 atom stereocenters. The molecule has 2 N–H and O–H groups in total. The molecule has 0 radical (unpaired) electrons. The molecular formula is C14H12Cl2N2O2. The average Bonchev–Trinajstić information content (AvgIpc) is 2.45. The number of hydroxylamine groups is 1. The second-order valence-corrected chi connectivity index (χ2v) is 4.75. The van der Waals surface area contributed by atoms with Crippen LogP contribution < -0.4 is 10.2 Å². The number of hydrogen-bond donors (Lipinski definition) is 2. The third kappa shape index (κ3) is 4.13. The fourth-order valence-corrected chi connectivity index (χ4v) is 1.99. The normalized spacial score (nSPS) is 10.8. The second-order valence-electron chi connectivity index (χ2n) is 3.91. The van der Waals surface area contributed by atoms with Crippen molar-refractivity contribution < 1.29 is 9.94 Å². The molecule has 0 spiro atoms. The second kappa shape index (κ2) is 7.14. The lowest BCUT2D eigenvalue weighted by molar-refractivity contribution is 0.240. The minimum absolute atomic E-state index is 0.358. The van der Waals surface area contributed by atoms with E-state index in [2.05, 4.69) is 4.99 Å². The van der Waals surface area contributed by atoms with Crippen molar-refractivity contribution >= 4 is 35.2 Å². The first-order valence-electron chi connectivity index (χ1n) is 5.78. The summed E-state index contributed by atoms with van der Waals surface area (Å²) < 4.78 is 5.63. The first kappa shape index (κ1) is 14.7. The van der Waals surface area contributed by atoms with E-state index >= 15 is 0 Å². The summed E-state index contributed by atoms with van der Waals surface area (Å²) in [6.07, 6.45) is 1.18. The molecule has 2 rings (SSSR count). The van der Waals surface area contributed by atoms with Crippen molar-refractivity contribution in [1.82, 2.24) is 5.48 Å². The van der Waals surface area contributed by atoms with E-state index in [-0.39, 0.29) is 0 Å². The smallest absolute Gasteiger partial charge is 0.119 e. The number of aliphatic imine (C=N–C) groups is 1. The Kier molecular flexibility index (Phi) is 5.24. The topological polar surface area (TPSA) is 53.8 Å². The third-order valence-corrected chi connectivity index (χ3v) is 3.10. The maximum Gasteiger partial charge on any atom is 0.119 e. The summed E-state index contributed by atoms with van der Waals surface area (Å²) in [5.41, 5.74) is 3.40. The molecule has 0 fully saturated rings. The molecule has 0 bridgehead atoms. The Bertz CT molecular complexity index is 601. The van der Waals surface area contributed by atoms with E-state index in [1.54, 1.807) is 36.4 Å². The van der Waals surface area contributed by atoms with Gasteiger partial charge in [0, 0.05) is 15.6 Å². The maximum atomic E-state index is 8.39. The number of hydrogen-bond acceptors (Lipinski definition) is 3. The molecule has 0 aromatic heterocycles. The van der Waals surface area contributed by atoms with Gasteiger partial charge in [0.1, 0.15) is 18.7 Å². The Morgan fingerprint density at radius 2 is 1.90 bits per heavy atom. The standard InChI is InChI=1S/C14H12Cl2N2O2/c15-11-2-1-10(14(16)7-11)8-20-13-5-3-12(4-6-13)17-9-18-19/h1-7,9,19H,8H2,(H,17,18). The van der Waals surface area contributed by atoms with E-state index in [0.717, 1.165) is 5.56 Å². The van der Waals surface area contributed by atoms with Crippen LogP contribution in [0.3, 0.4) is 0 Å². The largest absolute Gasteiger partial charge is 0.489 e. The highest BCUT2D eigenvalue weighted by molar-refractivity contribution is 6.35. The van der Waals surface area contributed by atoms with E-state index in [0.29, 0.717) is 28.1 Å². The van der Waals surface area contributed by atoms with Gasteiger partial charge in [-0.2, -0.15) is 0 Å². The zero-order valence-corrected chi connectivity index (χ0v) is 11.9. The van der Waals surface area contributed by atoms with Crippen molar-refractivity contribution in [3.63, 3.8) is 0 Å². The molecule has 0 aliphatic heterocycles.